The van der Waals surface area contributed by atoms with Crippen molar-refractivity contribution in [2.45, 2.75) is 18.3 Å². The Kier molecular flexibility index (Phi) is 3.46. The van der Waals surface area contributed by atoms with E-state index in [9.17, 15) is 21.6 Å². The van der Waals surface area contributed by atoms with Crippen molar-refractivity contribution in [1.82, 2.24) is 4.98 Å². The highest BCUT2D eigenvalue weighted by Gasteiger charge is 2.32. The minimum absolute atomic E-state index is 0.00311. The summed E-state index contributed by atoms with van der Waals surface area (Å²) >= 11 is 0. The topological polar surface area (TPSA) is 50.3 Å². The lowest BCUT2D eigenvalue weighted by Crippen LogP contribution is -2.45. The van der Waals surface area contributed by atoms with E-state index < -0.39 is 26.8 Å². The zero-order valence-electron chi connectivity index (χ0n) is 10.2. The molecule has 1 fully saturated rings. The van der Waals surface area contributed by atoms with E-state index >= 15 is 0 Å². The van der Waals surface area contributed by atoms with Crippen molar-refractivity contribution in [2.24, 2.45) is 0 Å². The number of hydrogen-bond acceptors (Lipinski definition) is 4. The molecule has 0 radical (unpaired) electrons. The Labute approximate surface area is 109 Å². The summed E-state index contributed by atoms with van der Waals surface area (Å²) in [6, 6.07) is 2.23. The molecule has 1 aromatic rings. The van der Waals surface area contributed by atoms with Gasteiger partial charge in [0.15, 0.2) is 9.84 Å². The Morgan fingerprint density at radius 1 is 1.37 bits per heavy atom. The number of pyridine rings is 1. The fraction of sp³-hybridized carbons (Fsp3) is 0.545. The molecule has 1 aliphatic heterocycles. The fourth-order valence-electron chi connectivity index (χ4n) is 1.90. The molecule has 2 heterocycles. The molecule has 19 heavy (non-hydrogen) atoms. The van der Waals surface area contributed by atoms with Gasteiger partial charge in [-0.2, -0.15) is 13.2 Å². The summed E-state index contributed by atoms with van der Waals surface area (Å²) in [4.78, 5) is 5.45. The standard InChI is InChI=1S/C11H13F3N2O2S/c1-8-7-16(4-5-19(8,17)18)10-3-2-9(6-15-10)11(12,13)14/h2-3,6,8H,4-5,7H2,1H3. The van der Waals surface area contributed by atoms with Gasteiger partial charge in [0.05, 0.1) is 16.6 Å². The van der Waals surface area contributed by atoms with Gasteiger partial charge in [-0.3, -0.25) is 0 Å². The van der Waals surface area contributed by atoms with Crippen LogP contribution in [-0.4, -0.2) is 37.5 Å². The zero-order valence-corrected chi connectivity index (χ0v) is 11.0. The van der Waals surface area contributed by atoms with Crippen molar-refractivity contribution in [3.05, 3.63) is 23.9 Å². The van der Waals surface area contributed by atoms with Crippen LogP contribution < -0.4 is 4.90 Å². The molecule has 1 aliphatic rings. The summed E-state index contributed by atoms with van der Waals surface area (Å²) in [5.41, 5.74) is -0.811. The van der Waals surface area contributed by atoms with Crippen LogP contribution in [0.4, 0.5) is 19.0 Å². The third kappa shape index (κ3) is 2.99. The number of nitrogens with zero attached hydrogens (tertiary/aromatic N) is 2. The van der Waals surface area contributed by atoms with Gasteiger partial charge in [-0.1, -0.05) is 0 Å². The highest BCUT2D eigenvalue weighted by molar-refractivity contribution is 7.92. The van der Waals surface area contributed by atoms with E-state index in [-0.39, 0.29) is 18.8 Å². The second-order valence-corrected chi connectivity index (χ2v) is 7.07. The van der Waals surface area contributed by atoms with E-state index in [2.05, 4.69) is 4.98 Å². The van der Waals surface area contributed by atoms with Crippen LogP contribution in [-0.2, 0) is 16.0 Å². The molecule has 0 spiro atoms. The first-order chi connectivity index (χ1) is 8.70. The molecule has 1 atom stereocenters. The van der Waals surface area contributed by atoms with Gasteiger partial charge < -0.3 is 4.90 Å². The molecule has 8 heteroatoms. The first kappa shape index (κ1) is 14.1. The van der Waals surface area contributed by atoms with Crippen molar-refractivity contribution in [2.75, 3.05) is 23.7 Å². The number of anilines is 1. The lowest BCUT2D eigenvalue weighted by molar-refractivity contribution is -0.137. The van der Waals surface area contributed by atoms with Gasteiger partial charge in [0, 0.05) is 19.3 Å². The Morgan fingerprint density at radius 3 is 2.53 bits per heavy atom. The van der Waals surface area contributed by atoms with E-state index in [1.54, 1.807) is 11.8 Å². The number of rotatable bonds is 1. The maximum Gasteiger partial charge on any atom is 0.417 e. The highest BCUT2D eigenvalue weighted by atomic mass is 32.2. The van der Waals surface area contributed by atoms with E-state index in [0.29, 0.717) is 5.82 Å². The summed E-state index contributed by atoms with van der Waals surface area (Å²) in [6.07, 6.45) is -3.65. The van der Waals surface area contributed by atoms with Crippen molar-refractivity contribution < 1.29 is 21.6 Å². The Balaban J connectivity index is 2.16. The number of aromatic nitrogens is 1. The van der Waals surface area contributed by atoms with Gasteiger partial charge in [0.2, 0.25) is 0 Å². The van der Waals surface area contributed by atoms with Gasteiger partial charge in [-0.05, 0) is 19.1 Å². The maximum absolute atomic E-state index is 12.4. The number of alkyl halides is 3. The summed E-state index contributed by atoms with van der Waals surface area (Å²) in [5, 5.41) is -0.537. The number of halogens is 3. The molecule has 0 bridgehead atoms. The molecule has 0 saturated carbocycles. The van der Waals surface area contributed by atoms with Crippen molar-refractivity contribution in [3.8, 4) is 0 Å². The van der Waals surface area contributed by atoms with Crippen LogP contribution in [0.2, 0.25) is 0 Å². The Morgan fingerprint density at radius 2 is 2.05 bits per heavy atom. The largest absolute Gasteiger partial charge is 0.417 e. The molecule has 1 aromatic heterocycles. The maximum atomic E-state index is 12.4. The van der Waals surface area contributed by atoms with E-state index in [4.69, 9.17) is 0 Å². The van der Waals surface area contributed by atoms with Crippen LogP contribution in [0.1, 0.15) is 12.5 Å². The average molecular weight is 294 g/mol. The first-order valence-corrected chi connectivity index (χ1v) is 7.41. The van der Waals surface area contributed by atoms with Crippen molar-refractivity contribution in [1.29, 1.82) is 0 Å². The molecule has 1 unspecified atom stereocenters. The second-order valence-electron chi connectivity index (χ2n) is 4.53. The SMILES string of the molecule is CC1CN(c2ccc(C(F)(F)F)cn2)CCS1(=O)=O. The number of sulfone groups is 1. The third-order valence-electron chi connectivity index (χ3n) is 3.14. The summed E-state index contributed by atoms with van der Waals surface area (Å²) in [6.45, 7) is 2.09. The predicted molar refractivity (Wildman–Crippen MR) is 64.7 cm³/mol. The van der Waals surface area contributed by atoms with E-state index in [1.807, 2.05) is 0 Å². The van der Waals surface area contributed by atoms with Crippen LogP contribution in [0, 0.1) is 0 Å². The highest BCUT2D eigenvalue weighted by Crippen LogP contribution is 2.29. The van der Waals surface area contributed by atoms with Crippen LogP contribution >= 0.6 is 0 Å². The van der Waals surface area contributed by atoms with Gasteiger partial charge >= 0.3 is 6.18 Å². The van der Waals surface area contributed by atoms with E-state index in [1.165, 1.54) is 6.07 Å². The molecule has 106 valence electrons. The molecule has 1 saturated heterocycles. The van der Waals surface area contributed by atoms with Crippen LogP contribution in [0.5, 0.6) is 0 Å². The van der Waals surface area contributed by atoms with Crippen molar-refractivity contribution in [3.63, 3.8) is 0 Å². The second kappa shape index (κ2) is 4.66. The zero-order chi connectivity index (χ0) is 14.3. The fourth-order valence-corrected chi connectivity index (χ4v) is 3.19. The molecule has 4 nitrogen and oxygen atoms in total. The van der Waals surface area contributed by atoms with E-state index in [0.717, 1.165) is 12.3 Å². The molecule has 0 aromatic carbocycles. The molecule has 0 amide bonds. The molecular weight excluding hydrogens is 281 g/mol. The lowest BCUT2D eigenvalue weighted by Gasteiger charge is -2.31. The third-order valence-corrected chi connectivity index (χ3v) is 5.26. The van der Waals surface area contributed by atoms with Crippen LogP contribution in [0.25, 0.3) is 0 Å². The average Bonchev–Trinajstić information content (AvgIpc) is 2.32. The molecular formula is C11H13F3N2O2S. The normalized spacial score (nSPS) is 23.4. The predicted octanol–water partition coefficient (Wildman–Crippen LogP) is 1.72. The van der Waals surface area contributed by atoms with Crippen molar-refractivity contribution >= 4 is 15.7 Å². The van der Waals surface area contributed by atoms with Crippen LogP contribution in [0.15, 0.2) is 18.3 Å². The smallest absolute Gasteiger partial charge is 0.354 e. The van der Waals surface area contributed by atoms with Gasteiger partial charge in [0.1, 0.15) is 5.82 Å². The van der Waals surface area contributed by atoms with Gasteiger partial charge in [0.25, 0.3) is 0 Å². The Bertz CT molecular complexity index is 554. The molecule has 2 rings (SSSR count). The molecule has 0 aliphatic carbocycles. The summed E-state index contributed by atoms with van der Waals surface area (Å²) < 4.78 is 60.3. The Hall–Kier alpha value is -1.31. The number of hydrogen-bond donors (Lipinski definition) is 0. The molecule has 0 N–H and O–H groups in total. The quantitative estimate of drug-likeness (QED) is 0.791. The first-order valence-electron chi connectivity index (χ1n) is 5.70. The van der Waals surface area contributed by atoms with Gasteiger partial charge in [-0.25, -0.2) is 13.4 Å². The van der Waals surface area contributed by atoms with Gasteiger partial charge in [-0.15, -0.1) is 0 Å². The lowest BCUT2D eigenvalue weighted by atomic mass is 10.2. The minimum atomic E-state index is -4.41. The summed E-state index contributed by atoms with van der Waals surface area (Å²) in [5.74, 6) is 0.367. The minimum Gasteiger partial charge on any atom is -0.354 e. The van der Waals surface area contributed by atoms with Crippen LogP contribution in [0.3, 0.4) is 0 Å². The monoisotopic (exact) mass is 294 g/mol. The summed E-state index contributed by atoms with van der Waals surface area (Å²) in [7, 11) is -3.08.